The topological polar surface area (TPSA) is 69.6 Å². The third kappa shape index (κ3) is 3.35. The number of amides is 1. The number of aromatic carboxylic acids is 1. The summed E-state index contributed by atoms with van der Waals surface area (Å²) in [6, 6.07) is 4.99. The molecule has 0 saturated carbocycles. The minimum Gasteiger partial charge on any atom is -0.478 e. The highest BCUT2D eigenvalue weighted by Gasteiger charge is 2.26. The molecule has 0 aromatic heterocycles. The standard InChI is InChI=1S/C16H22N2O3/c1-10(2)17-15(19)11(3)18-8-4-5-12-9-13(16(20)21)6-7-14(12)18/h6-7,9-11H,4-5,8H2,1-3H3,(H,17,19)(H,20,21). The molecular formula is C16H22N2O3. The summed E-state index contributed by atoms with van der Waals surface area (Å²) >= 11 is 0. The molecule has 0 aliphatic carbocycles. The maximum Gasteiger partial charge on any atom is 0.335 e. The Labute approximate surface area is 125 Å². The van der Waals surface area contributed by atoms with Crippen LogP contribution in [-0.4, -0.2) is 35.6 Å². The predicted octanol–water partition coefficient (Wildman–Crippen LogP) is 2.05. The first-order valence-electron chi connectivity index (χ1n) is 7.33. The van der Waals surface area contributed by atoms with Crippen LogP contribution in [0.3, 0.4) is 0 Å². The largest absolute Gasteiger partial charge is 0.478 e. The number of carbonyl (C=O) groups excluding carboxylic acids is 1. The summed E-state index contributed by atoms with van der Waals surface area (Å²) in [5.74, 6) is -0.916. The highest BCUT2D eigenvalue weighted by atomic mass is 16.4. The van der Waals surface area contributed by atoms with Gasteiger partial charge in [0.1, 0.15) is 6.04 Å². The Kier molecular flexibility index (Phi) is 4.50. The summed E-state index contributed by atoms with van der Waals surface area (Å²) in [5, 5.41) is 12.0. The second-order valence-electron chi connectivity index (χ2n) is 5.78. The van der Waals surface area contributed by atoms with Gasteiger partial charge in [0.25, 0.3) is 0 Å². The predicted molar refractivity (Wildman–Crippen MR) is 81.8 cm³/mol. The fourth-order valence-electron chi connectivity index (χ4n) is 2.71. The Hall–Kier alpha value is -2.04. The number of benzene rings is 1. The SMILES string of the molecule is CC(C)NC(=O)C(C)N1CCCc2cc(C(=O)O)ccc21. The lowest BCUT2D eigenvalue weighted by atomic mass is 9.97. The molecule has 114 valence electrons. The zero-order valence-corrected chi connectivity index (χ0v) is 12.7. The molecule has 5 heteroatoms. The quantitative estimate of drug-likeness (QED) is 0.890. The lowest BCUT2D eigenvalue weighted by Crippen LogP contribution is -2.48. The minimum absolute atomic E-state index is 0.000149. The molecule has 2 rings (SSSR count). The number of aryl methyl sites for hydroxylation is 1. The highest BCUT2D eigenvalue weighted by molar-refractivity contribution is 5.89. The second kappa shape index (κ2) is 6.16. The van der Waals surface area contributed by atoms with Crippen LogP contribution in [0.25, 0.3) is 0 Å². The number of rotatable bonds is 4. The van der Waals surface area contributed by atoms with Gasteiger partial charge in [0.05, 0.1) is 5.56 Å². The number of hydrogen-bond donors (Lipinski definition) is 2. The van der Waals surface area contributed by atoms with Gasteiger partial charge in [0.15, 0.2) is 0 Å². The zero-order chi connectivity index (χ0) is 15.6. The van der Waals surface area contributed by atoms with Gasteiger partial charge in [-0.2, -0.15) is 0 Å². The van der Waals surface area contributed by atoms with Gasteiger partial charge >= 0.3 is 5.97 Å². The molecular weight excluding hydrogens is 268 g/mol. The Morgan fingerprint density at radius 2 is 2.00 bits per heavy atom. The van der Waals surface area contributed by atoms with Crippen molar-refractivity contribution in [3.05, 3.63) is 29.3 Å². The normalized spacial score (nSPS) is 15.5. The van der Waals surface area contributed by atoms with Crippen molar-refractivity contribution < 1.29 is 14.7 Å². The van der Waals surface area contributed by atoms with E-state index in [0.717, 1.165) is 30.6 Å². The molecule has 0 spiro atoms. The van der Waals surface area contributed by atoms with Gasteiger partial charge in [0.2, 0.25) is 5.91 Å². The molecule has 1 atom stereocenters. The number of carboxylic acids is 1. The van der Waals surface area contributed by atoms with Gasteiger partial charge in [0, 0.05) is 18.3 Å². The number of nitrogens with zero attached hydrogens (tertiary/aromatic N) is 1. The van der Waals surface area contributed by atoms with Crippen molar-refractivity contribution in [2.45, 2.75) is 45.7 Å². The molecule has 0 radical (unpaired) electrons. The first-order chi connectivity index (χ1) is 9.90. The van der Waals surface area contributed by atoms with Crippen molar-refractivity contribution in [3.63, 3.8) is 0 Å². The summed E-state index contributed by atoms with van der Waals surface area (Å²) in [4.78, 5) is 25.3. The minimum atomic E-state index is -0.916. The molecule has 1 aliphatic rings. The van der Waals surface area contributed by atoms with Crippen LogP contribution in [0.1, 0.15) is 43.1 Å². The molecule has 1 aromatic carbocycles. The van der Waals surface area contributed by atoms with Crippen LogP contribution in [0, 0.1) is 0 Å². The van der Waals surface area contributed by atoms with E-state index in [1.54, 1.807) is 12.1 Å². The van der Waals surface area contributed by atoms with Gasteiger partial charge < -0.3 is 15.3 Å². The van der Waals surface area contributed by atoms with Crippen LogP contribution in [0.2, 0.25) is 0 Å². The maximum absolute atomic E-state index is 12.2. The molecule has 1 aliphatic heterocycles. The molecule has 0 saturated heterocycles. The molecule has 5 nitrogen and oxygen atoms in total. The first kappa shape index (κ1) is 15.4. The van der Waals surface area contributed by atoms with Crippen LogP contribution in [-0.2, 0) is 11.2 Å². The van der Waals surface area contributed by atoms with E-state index in [0.29, 0.717) is 5.56 Å². The Balaban J connectivity index is 2.25. The van der Waals surface area contributed by atoms with Gasteiger partial charge in [-0.1, -0.05) is 0 Å². The number of nitrogens with one attached hydrogen (secondary N) is 1. The first-order valence-corrected chi connectivity index (χ1v) is 7.33. The van der Waals surface area contributed by atoms with Crippen LogP contribution < -0.4 is 10.2 Å². The van der Waals surface area contributed by atoms with E-state index < -0.39 is 5.97 Å². The van der Waals surface area contributed by atoms with Crippen molar-refractivity contribution in [3.8, 4) is 0 Å². The fourth-order valence-corrected chi connectivity index (χ4v) is 2.71. The molecule has 0 fully saturated rings. The van der Waals surface area contributed by atoms with Crippen molar-refractivity contribution in [1.29, 1.82) is 0 Å². The van der Waals surface area contributed by atoms with Crippen molar-refractivity contribution in [2.24, 2.45) is 0 Å². The lowest BCUT2D eigenvalue weighted by Gasteiger charge is -2.36. The third-order valence-corrected chi connectivity index (χ3v) is 3.76. The average Bonchev–Trinajstić information content (AvgIpc) is 2.44. The van der Waals surface area contributed by atoms with E-state index in [2.05, 4.69) is 10.2 Å². The van der Waals surface area contributed by atoms with Crippen molar-refractivity contribution in [1.82, 2.24) is 5.32 Å². The Bertz CT molecular complexity index is 554. The third-order valence-electron chi connectivity index (χ3n) is 3.76. The molecule has 1 aromatic rings. The number of anilines is 1. The number of carboxylic acid groups (broad SMARTS) is 1. The summed E-state index contributed by atoms with van der Waals surface area (Å²) in [5.41, 5.74) is 2.28. The number of fused-ring (bicyclic) bond motifs is 1. The van der Waals surface area contributed by atoms with E-state index >= 15 is 0 Å². The van der Waals surface area contributed by atoms with Gasteiger partial charge in [-0.3, -0.25) is 4.79 Å². The molecule has 2 N–H and O–H groups in total. The summed E-state index contributed by atoms with van der Waals surface area (Å²) in [7, 11) is 0. The van der Waals surface area contributed by atoms with E-state index in [4.69, 9.17) is 5.11 Å². The summed E-state index contributed by atoms with van der Waals surface area (Å²) < 4.78 is 0. The molecule has 21 heavy (non-hydrogen) atoms. The lowest BCUT2D eigenvalue weighted by molar-refractivity contribution is -0.122. The zero-order valence-electron chi connectivity index (χ0n) is 12.7. The Morgan fingerprint density at radius 1 is 1.29 bits per heavy atom. The van der Waals surface area contributed by atoms with Crippen LogP contribution in [0.5, 0.6) is 0 Å². The smallest absolute Gasteiger partial charge is 0.335 e. The molecule has 0 bridgehead atoms. The van der Waals surface area contributed by atoms with Gasteiger partial charge in [-0.05, 0) is 57.4 Å². The fraction of sp³-hybridized carbons (Fsp3) is 0.500. The van der Waals surface area contributed by atoms with E-state index in [-0.39, 0.29) is 18.0 Å². The molecule has 1 amide bonds. The molecule has 1 unspecified atom stereocenters. The summed E-state index contributed by atoms with van der Waals surface area (Å²) in [6.45, 7) is 6.58. The second-order valence-corrected chi connectivity index (χ2v) is 5.78. The highest BCUT2D eigenvalue weighted by Crippen LogP contribution is 2.29. The van der Waals surface area contributed by atoms with Crippen LogP contribution in [0.4, 0.5) is 5.69 Å². The van der Waals surface area contributed by atoms with Crippen LogP contribution >= 0.6 is 0 Å². The maximum atomic E-state index is 12.2. The number of hydrogen-bond acceptors (Lipinski definition) is 3. The van der Waals surface area contributed by atoms with Gasteiger partial charge in [-0.25, -0.2) is 4.79 Å². The van der Waals surface area contributed by atoms with E-state index in [1.165, 1.54) is 0 Å². The van der Waals surface area contributed by atoms with Crippen LogP contribution in [0.15, 0.2) is 18.2 Å². The summed E-state index contributed by atoms with van der Waals surface area (Å²) in [6.07, 6.45) is 1.78. The van der Waals surface area contributed by atoms with Crippen molar-refractivity contribution >= 4 is 17.6 Å². The van der Waals surface area contributed by atoms with Crippen molar-refractivity contribution in [2.75, 3.05) is 11.4 Å². The Morgan fingerprint density at radius 3 is 2.62 bits per heavy atom. The molecule has 1 heterocycles. The van der Waals surface area contributed by atoms with E-state index in [1.807, 2.05) is 26.8 Å². The van der Waals surface area contributed by atoms with E-state index in [9.17, 15) is 9.59 Å². The average molecular weight is 290 g/mol. The van der Waals surface area contributed by atoms with Gasteiger partial charge in [-0.15, -0.1) is 0 Å². The monoisotopic (exact) mass is 290 g/mol. The number of carbonyl (C=O) groups is 2.